The molecule has 0 saturated heterocycles. The zero-order chi connectivity index (χ0) is 16.9. The van der Waals surface area contributed by atoms with Crippen molar-refractivity contribution >= 4 is 6.09 Å². The van der Waals surface area contributed by atoms with Gasteiger partial charge in [-0.3, -0.25) is 0 Å². The van der Waals surface area contributed by atoms with Crippen molar-refractivity contribution in [2.24, 2.45) is 0 Å². The first kappa shape index (κ1) is 18.2. The predicted molar refractivity (Wildman–Crippen MR) is 76.6 cm³/mol. The van der Waals surface area contributed by atoms with Gasteiger partial charge < -0.3 is 19.9 Å². The van der Waals surface area contributed by atoms with Crippen molar-refractivity contribution in [3.05, 3.63) is 29.3 Å². The first-order valence-electron chi connectivity index (χ1n) is 6.84. The lowest BCUT2D eigenvalue weighted by molar-refractivity contribution is 0.0503. The molecule has 1 atom stereocenters. The Morgan fingerprint density at radius 3 is 2.55 bits per heavy atom. The molecule has 0 saturated carbocycles. The molecular weight excluding hydrogens is 296 g/mol. The molecule has 2 N–H and O–H groups in total. The van der Waals surface area contributed by atoms with Crippen LogP contribution in [0.5, 0.6) is 5.75 Å². The van der Waals surface area contributed by atoms with Crippen LogP contribution in [-0.4, -0.2) is 29.4 Å². The Kier molecular flexibility index (Phi) is 6.11. The van der Waals surface area contributed by atoms with Crippen LogP contribution in [-0.2, 0) is 11.3 Å². The van der Waals surface area contributed by atoms with Crippen LogP contribution in [0.4, 0.5) is 13.6 Å². The van der Waals surface area contributed by atoms with E-state index >= 15 is 0 Å². The van der Waals surface area contributed by atoms with E-state index in [4.69, 9.17) is 14.6 Å². The summed E-state index contributed by atoms with van der Waals surface area (Å²) in [6, 6.07) is 1.66. The summed E-state index contributed by atoms with van der Waals surface area (Å²) in [4.78, 5) is 11.5. The number of amides is 1. The fourth-order valence-corrected chi connectivity index (χ4v) is 1.65. The van der Waals surface area contributed by atoms with Gasteiger partial charge in [-0.05, 0) is 33.8 Å². The third-order valence-corrected chi connectivity index (χ3v) is 2.51. The molecule has 124 valence electrons. The molecule has 0 aliphatic rings. The molecule has 1 aromatic rings. The van der Waals surface area contributed by atoms with Gasteiger partial charge in [0, 0.05) is 11.6 Å². The van der Waals surface area contributed by atoms with E-state index in [1.165, 1.54) is 0 Å². The number of hydrogen-bond donors (Lipinski definition) is 2. The Balaban J connectivity index is 2.63. The minimum atomic E-state index is -0.909. The van der Waals surface area contributed by atoms with Crippen LogP contribution >= 0.6 is 0 Å². The lowest BCUT2D eigenvalue weighted by atomic mass is 10.2. The van der Waals surface area contributed by atoms with Crippen LogP contribution in [0.25, 0.3) is 0 Å². The van der Waals surface area contributed by atoms with Crippen molar-refractivity contribution in [2.45, 2.75) is 46.0 Å². The number of hydrogen-bond acceptors (Lipinski definition) is 4. The van der Waals surface area contributed by atoms with E-state index in [2.05, 4.69) is 5.32 Å². The first-order valence-corrected chi connectivity index (χ1v) is 6.84. The van der Waals surface area contributed by atoms with Crippen molar-refractivity contribution in [2.75, 3.05) is 6.54 Å². The smallest absolute Gasteiger partial charge is 0.407 e. The second-order valence-electron chi connectivity index (χ2n) is 5.85. The monoisotopic (exact) mass is 317 g/mol. The van der Waals surface area contributed by atoms with E-state index in [-0.39, 0.29) is 17.9 Å². The Labute approximate surface area is 128 Å². The molecule has 0 radical (unpaired) electrons. The summed E-state index contributed by atoms with van der Waals surface area (Å²) in [5.74, 6) is -1.94. The molecule has 7 heteroatoms. The minimum absolute atomic E-state index is 0.00150. The van der Waals surface area contributed by atoms with Gasteiger partial charge in [0.05, 0.1) is 13.2 Å². The number of benzene rings is 1. The van der Waals surface area contributed by atoms with E-state index in [0.717, 1.165) is 6.07 Å². The molecule has 1 amide bonds. The van der Waals surface area contributed by atoms with Gasteiger partial charge >= 0.3 is 6.09 Å². The number of rotatable bonds is 5. The molecule has 0 spiro atoms. The second-order valence-corrected chi connectivity index (χ2v) is 5.85. The highest BCUT2D eigenvalue weighted by Gasteiger charge is 2.18. The lowest BCUT2D eigenvalue weighted by Crippen LogP contribution is -2.37. The van der Waals surface area contributed by atoms with E-state index in [1.54, 1.807) is 27.7 Å². The van der Waals surface area contributed by atoms with Gasteiger partial charge in [-0.2, -0.15) is 0 Å². The highest BCUT2D eigenvalue weighted by Crippen LogP contribution is 2.25. The van der Waals surface area contributed by atoms with Crippen molar-refractivity contribution < 1.29 is 28.2 Å². The summed E-state index contributed by atoms with van der Waals surface area (Å²) in [5, 5.41) is 11.6. The van der Waals surface area contributed by atoms with Crippen molar-refractivity contribution in [1.29, 1.82) is 0 Å². The maximum atomic E-state index is 13.7. The fraction of sp³-hybridized carbons (Fsp3) is 0.533. The van der Waals surface area contributed by atoms with E-state index < -0.39 is 36.0 Å². The summed E-state index contributed by atoms with van der Waals surface area (Å²) in [5.41, 5.74) is -0.622. The minimum Gasteiger partial charge on any atom is -0.485 e. The molecular formula is C15H21F2NO4. The van der Waals surface area contributed by atoms with E-state index in [9.17, 15) is 13.6 Å². The number of aliphatic hydroxyl groups excluding tert-OH is 1. The van der Waals surface area contributed by atoms with E-state index in [1.807, 2.05) is 0 Å². The van der Waals surface area contributed by atoms with Crippen LogP contribution in [0.15, 0.2) is 12.1 Å². The molecule has 1 rings (SSSR count). The standard InChI is InChI=1S/C15H21F2NO4/c1-9(7-18-14(20)22-15(2,3)4)21-13-10(8-19)5-11(16)6-12(13)17/h5-6,9,19H,7-8H2,1-4H3,(H,18,20)/t9-/m0/s1. The third-order valence-electron chi connectivity index (χ3n) is 2.51. The second kappa shape index (κ2) is 7.40. The van der Waals surface area contributed by atoms with Crippen LogP contribution < -0.4 is 10.1 Å². The Morgan fingerprint density at radius 1 is 1.36 bits per heavy atom. The van der Waals surface area contributed by atoms with Crippen LogP contribution in [0.2, 0.25) is 0 Å². The number of carbonyl (C=O) groups excluding carboxylic acids is 1. The van der Waals surface area contributed by atoms with Crippen molar-refractivity contribution in [3.8, 4) is 5.75 Å². The number of alkyl carbamates (subject to hydrolysis) is 1. The maximum absolute atomic E-state index is 13.7. The van der Waals surface area contributed by atoms with Crippen LogP contribution in [0.1, 0.15) is 33.3 Å². The highest BCUT2D eigenvalue weighted by molar-refractivity contribution is 5.67. The molecule has 0 aromatic heterocycles. The fourth-order valence-electron chi connectivity index (χ4n) is 1.65. The Morgan fingerprint density at radius 2 is 2.00 bits per heavy atom. The van der Waals surface area contributed by atoms with Crippen LogP contribution in [0, 0.1) is 11.6 Å². The quantitative estimate of drug-likeness (QED) is 0.876. The zero-order valence-corrected chi connectivity index (χ0v) is 13.1. The van der Waals surface area contributed by atoms with Crippen molar-refractivity contribution in [1.82, 2.24) is 5.32 Å². The maximum Gasteiger partial charge on any atom is 0.407 e. The van der Waals surface area contributed by atoms with E-state index in [0.29, 0.717) is 6.07 Å². The molecule has 5 nitrogen and oxygen atoms in total. The molecule has 0 fully saturated rings. The molecule has 1 aromatic carbocycles. The Hall–Kier alpha value is -1.89. The number of ether oxygens (including phenoxy) is 2. The molecule has 0 heterocycles. The predicted octanol–water partition coefficient (Wildman–Crippen LogP) is 2.75. The normalized spacial score (nSPS) is 12.7. The SMILES string of the molecule is C[C@@H](CNC(=O)OC(C)(C)C)Oc1c(F)cc(F)cc1CO. The summed E-state index contributed by atoms with van der Waals surface area (Å²) >= 11 is 0. The van der Waals surface area contributed by atoms with Gasteiger partial charge in [-0.25, -0.2) is 13.6 Å². The largest absolute Gasteiger partial charge is 0.485 e. The number of halogens is 2. The summed E-state index contributed by atoms with van der Waals surface area (Å²) in [6.45, 7) is 6.30. The van der Waals surface area contributed by atoms with Gasteiger partial charge in [0.15, 0.2) is 11.6 Å². The van der Waals surface area contributed by atoms with Gasteiger partial charge in [-0.15, -0.1) is 0 Å². The molecule has 22 heavy (non-hydrogen) atoms. The number of aliphatic hydroxyl groups is 1. The number of carbonyl (C=O) groups is 1. The molecule has 0 unspecified atom stereocenters. The van der Waals surface area contributed by atoms with Crippen LogP contribution in [0.3, 0.4) is 0 Å². The van der Waals surface area contributed by atoms with Gasteiger partial charge in [0.1, 0.15) is 17.5 Å². The third kappa shape index (κ3) is 5.85. The topological polar surface area (TPSA) is 67.8 Å². The van der Waals surface area contributed by atoms with Gasteiger partial charge in [-0.1, -0.05) is 0 Å². The average molecular weight is 317 g/mol. The Bertz CT molecular complexity index is 529. The first-order chi connectivity index (χ1) is 10.1. The zero-order valence-electron chi connectivity index (χ0n) is 13.1. The molecule has 0 aliphatic heterocycles. The summed E-state index contributed by atoms with van der Waals surface area (Å²) in [6.07, 6.45) is -1.22. The average Bonchev–Trinajstić information content (AvgIpc) is 2.37. The lowest BCUT2D eigenvalue weighted by Gasteiger charge is -2.21. The van der Waals surface area contributed by atoms with Gasteiger partial charge in [0.2, 0.25) is 0 Å². The molecule has 0 aliphatic carbocycles. The highest BCUT2D eigenvalue weighted by atomic mass is 19.1. The van der Waals surface area contributed by atoms with Crippen molar-refractivity contribution in [3.63, 3.8) is 0 Å². The van der Waals surface area contributed by atoms with Gasteiger partial charge in [0.25, 0.3) is 0 Å². The number of nitrogens with one attached hydrogen (secondary N) is 1. The summed E-state index contributed by atoms with van der Waals surface area (Å²) < 4.78 is 37.1. The summed E-state index contributed by atoms with van der Waals surface area (Å²) in [7, 11) is 0. The molecule has 0 bridgehead atoms.